The molecule has 0 saturated carbocycles. The molecule has 0 radical (unpaired) electrons. The zero-order valence-electron chi connectivity index (χ0n) is 18.5. The maximum atomic E-state index is 6.48. The molecule has 1 aliphatic rings. The van der Waals surface area contributed by atoms with Crippen LogP contribution in [0.2, 0.25) is 19.6 Å². The first kappa shape index (κ1) is 21.7. The van der Waals surface area contributed by atoms with E-state index in [1.807, 2.05) is 13.8 Å². The molecule has 1 fully saturated rings. The van der Waals surface area contributed by atoms with Crippen molar-refractivity contribution in [2.75, 3.05) is 0 Å². The Kier molecular flexibility index (Phi) is 6.52. The Labute approximate surface area is 161 Å². The Morgan fingerprint density at radius 1 is 1.08 bits per heavy atom. The van der Waals surface area contributed by atoms with Crippen molar-refractivity contribution in [1.82, 2.24) is 0 Å². The molecule has 2 rings (SSSR count). The van der Waals surface area contributed by atoms with Gasteiger partial charge < -0.3 is 13.9 Å². The fourth-order valence-corrected chi connectivity index (χ4v) is 5.51. The molecule has 0 N–H and O–H groups in total. The van der Waals surface area contributed by atoms with E-state index in [-0.39, 0.29) is 11.7 Å². The number of furan rings is 1. The minimum absolute atomic E-state index is 0.0582. The number of hydrogen-bond acceptors (Lipinski definition) is 3. The van der Waals surface area contributed by atoms with E-state index in [2.05, 4.69) is 53.4 Å². The quantitative estimate of drug-likeness (QED) is 0.381. The first-order valence-corrected chi connectivity index (χ1v) is 13.9. The Bertz CT molecular complexity index is 597. The van der Waals surface area contributed by atoms with Crippen LogP contribution in [-0.2, 0) is 9.47 Å². The van der Waals surface area contributed by atoms with Gasteiger partial charge in [0.25, 0.3) is 0 Å². The van der Waals surface area contributed by atoms with Crippen LogP contribution in [0.3, 0.4) is 0 Å². The molecule has 0 amide bonds. The van der Waals surface area contributed by atoms with E-state index in [1.165, 1.54) is 36.6 Å². The summed E-state index contributed by atoms with van der Waals surface area (Å²) in [6.45, 7) is 20.0. The summed E-state index contributed by atoms with van der Waals surface area (Å²) in [7, 11) is -1.63. The van der Waals surface area contributed by atoms with Crippen molar-refractivity contribution >= 4 is 13.5 Å². The fourth-order valence-electron chi connectivity index (χ4n) is 4.02. The molecule has 1 aromatic rings. The molecule has 1 saturated heterocycles. The second-order valence-corrected chi connectivity index (χ2v) is 14.9. The van der Waals surface area contributed by atoms with E-state index in [1.54, 1.807) is 0 Å². The van der Waals surface area contributed by atoms with Gasteiger partial charge in [-0.2, -0.15) is 0 Å². The Hall–Kier alpha value is -0.583. The van der Waals surface area contributed by atoms with Crippen molar-refractivity contribution in [1.29, 1.82) is 0 Å². The third kappa shape index (κ3) is 4.82. The van der Waals surface area contributed by atoms with Crippen molar-refractivity contribution in [3.8, 4) is 0 Å². The van der Waals surface area contributed by atoms with Crippen molar-refractivity contribution < 1.29 is 13.9 Å². The monoisotopic (exact) mass is 380 g/mol. The predicted octanol–water partition coefficient (Wildman–Crippen LogP) is 6.50. The van der Waals surface area contributed by atoms with Crippen molar-refractivity contribution in [3.63, 3.8) is 0 Å². The zero-order valence-corrected chi connectivity index (χ0v) is 19.5. The second kappa shape index (κ2) is 7.81. The van der Waals surface area contributed by atoms with Crippen LogP contribution in [0.5, 0.6) is 0 Å². The van der Waals surface area contributed by atoms with Gasteiger partial charge in [-0.05, 0) is 33.3 Å². The Morgan fingerprint density at radius 2 is 1.73 bits per heavy atom. The van der Waals surface area contributed by atoms with Crippen molar-refractivity contribution in [2.24, 2.45) is 0 Å². The van der Waals surface area contributed by atoms with Gasteiger partial charge in [-0.15, -0.1) is 0 Å². The van der Waals surface area contributed by atoms with Crippen LogP contribution in [0.25, 0.3) is 0 Å². The molecule has 2 heterocycles. The summed E-state index contributed by atoms with van der Waals surface area (Å²) >= 11 is 0. The van der Waals surface area contributed by atoms with Gasteiger partial charge in [-0.3, -0.25) is 0 Å². The van der Waals surface area contributed by atoms with Crippen LogP contribution in [-0.4, -0.2) is 19.5 Å². The predicted molar refractivity (Wildman–Crippen MR) is 112 cm³/mol. The maximum Gasteiger partial charge on any atom is 0.164 e. The topological polar surface area (TPSA) is 31.6 Å². The van der Waals surface area contributed by atoms with Gasteiger partial charge in [0.2, 0.25) is 0 Å². The SMILES string of the molecule is CCCCCC[C@]1(C)OC(C)(C)O[C@@H]1c1cc(C(C)C)oc1[Si](C)(C)C. The van der Waals surface area contributed by atoms with Crippen LogP contribution in [0, 0.1) is 0 Å². The molecule has 0 spiro atoms. The van der Waals surface area contributed by atoms with Gasteiger partial charge in [0.05, 0.1) is 11.0 Å². The lowest BCUT2D eigenvalue weighted by Crippen LogP contribution is -2.42. The largest absolute Gasteiger partial charge is 0.471 e. The van der Waals surface area contributed by atoms with Gasteiger partial charge >= 0.3 is 0 Å². The summed E-state index contributed by atoms with van der Waals surface area (Å²) in [4.78, 5) is 0. The van der Waals surface area contributed by atoms with E-state index < -0.39 is 13.9 Å². The Morgan fingerprint density at radius 3 is 2.27 bits per heavy atom. The molecule has 3 nitrogen and oxygen atoms in total. The molecular weight excluding hydrogens is 340 g/mol. The van der Waals surface area contributed by atoms with Crippen molar-refractivity contribution in [3.05, 3.63) is 17.4 Å². The summed E-state index contributed by atoms with van der Waals surface area (Å²) in [5.74, 6) is 0.889. The molecule has 150 valence electrons. The van der Waals surface area contributed by atoms with Crippen LogP contribution in [0.4, 0.5) is 0 Å². The number of unbranched alkanes of at least 4 members (excludes halogenated alkanes) is 3. The van der Waals surface area contributed by atoms with Crippen LogP contribution in [0.15, 0.2) is 10.5 Å². The first-order valence-electron chi connectivity index (χ1n) is 10.4. The molecule has 0 bridgehead atoms. The summed E-state index contributed by atoms with van der Waals surface area (Å²) in [5.41, 5.74) is 0.931. The first-order chi connectivity index (χ1) is 11.9. The Balaban J connectivity index is 2.39. The van der Waals surface area contributed by atoms with Crippen LogP contribution >= 0.6 is 0 Å². The molecule has 1 aromatic heterocycles. The highest BCUT2D eigenvalue weighted by Gasteiger charge is 2.52. The summed E-state index contributed by atoms with van der Waals surface area (Å²) in [6, 6.07) is 2.25. The standard InChI is InChI=1S/C22H40O3Si/c1-10-11-12-13-14-22(6)19(24-21(4,5)25-22)17-15-18(16(2)3)23-20(17)26(7,8)9/h15-16,19H,10-14H2,1-9H3/t19-,22+/m1/s1. The van der Waals surface area contributed by atoms with E-state index in [0.29, 0.717) is 5.92 Å². The molecule has 0 aromatic carbocycles. The lowest BCUT2D eigenvalue weighted by molar-refractivity contribution is -0.161. The molecular formula is C22H40O3Si. The van der Waals surface area contributed by atoms with Gasteiger partial charge in [0.15, 0.2) is 5.79 Å². The minimum atomic E-state index is -1.63. The highest BCUT2D eigenvalue weighted by molar-refractivity contribution is 6.88. The normalized spacial score (nSPS) is 26.0. The molecule has 4 heteroatoms. The fraction of sp³-hybridized carbons (Fsp3) is 0.818. The van der Waals surface area contributed by atoms with Gasteiger partial charge in [-0.25, -0.2) is 0 Å². The van der Waals surface area contributed by atoms with E-state index in [4.69, 9.17) is 13.9 Å². The molecule has 0 aliphatic carbocycles. The van der Waals surface area contributed by atoms with E-state index in [9.17, 15) is 0 Å². The maximum absolute atomic E-state index is 6.48. The van der Waals surface area contributed by atoms with Crippen LogP contribution < -0.4 is 5.38 Å². The average Bonchev–Trinajstić information content (AvgIpc) is 3.02. The highest BCUT2D eigenvalue weighted by atomic mass is 28.3. The third-order valence-electron chi connectivity index (χ3n) is 5.27. The van der Waals surface area contributed by atoms with Crippen molar-refractivity contribution in [2.45, 2.75) is 117 Å². The lowest BCUT2D eigenvalue weighted by atomic mass is 9.88. The van der Waals surface area contributed by atoms with E-state index >= 15 is 0 Å². The number of hydrogen-bond donors (Lipinski definition) is 0. The summed E-state index contributed by atoms with van der Waals surface area (Å²) in [5, 5.41) is 1.17. The highest BCUT2D eigenvalue weighted by Crippen LogP contribution is 2.48. The second-order valence-electron chi connectivity index (χ2n) is 9.96. The lowest BCUT2D eigenvalue weighted by Gasteiger charge is -2.30. The average molecular weight is 381 g/mol. The molecule has 0 unspecified atom stereocenters. The smallest absolute Gasteiger partial charge is 0.164 e. The molecule has 26 heavy (non-hydrogen) atoms. The summed E-state index contributed by atoms with van der Waals surface area (Å²) < 4.78 is 19.3. The number of ether oxygens (including phenoxy) is 2. The van der Waals surface area contributed by atoms with Gasteiger partial charge in [-0.1, -0.05) is 66.1 Å². The molecule has 2 atom stereocenters. The zero-order chi connectivity index (χ0) is 19.8. The third-order valence-corrected chi connectivity index (χ3v) is 7.03. The van der Waals surface area contributed by atoms with E-state index in [0.717, 1.165) is 12.2 Å². The number of rotatable bonds is 8. The minimum Gasteiger partial charge on any atom is -0.471 e. The molecule has 1 aliphatic heterocycles. The van der Waals surface area contributed by atoms with Gasteiger partial charge in [0, 0.05) is 11.5 Å². The van der Waals surface area contributed by atoms with Gasteiger partial charge in [0.1, 0.15) is 19.9 Å². The van der Waals surface area contributed by atoms with Crippen LogP contribution in [0.1, 0.15) is 97.0 Å². The summed E-state index contributed by atoms with van der Waals surface area (Å²) in [6.07, 6.45) is 5.94.